The number of nitrogens with two attached hydrogens (primary N) is 1. The summed E-state index contributed by atoms with van der Waals surface area (Å²) in [6.45, 7) is -1.28. The Morgan fingerprint density at radius 2 is 2.24 bits per heavy atom. The van der Waals surface area contributed by atoms with Crippen LogP contribution in [0.15, 0.2) is 12.3 Å². The smallest absolute Gasteiger partial charge is 0.422 e. The molecule has 94 valence electrons. The lowest BCUT2D eigenvalue weighted by molar-refractivity contribution is -0.153. The van der Waals surface area contributed by atoms with Gasteiger partial charge in [0.05, 0.1) is 5.69 Å². The van der Waals surface area contributed by atoms with Crippen molar-refractivity contribution in [3.05, 3.63) is 23.5 Å². The molecule has 0 spiro atoms. The van der Waals surface area contributed by atoms with Gasteiger partial charge in [0.25, 0.3) is 0 Å². The molecule has 1 atom stereocenters. The number of aromatic nitrogens is 1. The highest BCUT2D eigenvalue weighted by molar-refractivity contribution is 5.38. The van der Waals surface area contributed by atoms with E-state index in [4.69, 9.17) is 10.5 Å². The van der Waals surface area contributed by atoms with E-state index in [9.17, 15) is 13.2 Å². The molecule has 0 fully saturated rings. The zero-order chi connectivity index (χ0) is 12.5. The van der Waals surface area contributed by atoms with Crippen LogP contribution >= 0.6 is 0 Å². The quantitative estimate of drug-likeness (QED) is 0.871. The summed E-state index contributed by atoms with van der Waals surface area (Å²) in [5.74, 6) is 0.252. The number of hydrogen-bond acceptors (Lipinski definition) is 3. The summed E-state index contributed by atoms with van der Waals surface area (Å²) in [6.07, 6.45) is -0.558. The van der Waals surface area contributed by atoms with E-state index in [2.05, 4.69) is 4.98 Å². The fourth-order valence-corrected chi connectivity index (χ4v) is 1.99. The molecule has 0 aromatic carbocycles. The predicted octanol–water partition coefficient (Wildman–Crippen LogP) is 2.36. The first-order chi connectivity index (χ1) is 7.97. The zero-order valence-electron chi connectivity index (χ0n) is 9.13. The van der Waals surface area contributed by atoms with E-state index in [0.29, 0.717) is 12.1 Å². The third-order valence-electron chi connectivity index (χ3n) is 2.73. The average molecular weight is 246 g/mol. The molecule has 3 nitrogen and oxygen atoms in total. The molecule has 1 aliphatic rings. The molecule has 17 heavy (non-hydrogen) atoms. The first kappa shape index (κ1) is 12.2. The Balaban J connectivity index is 2.21. The number of pyridine rings is 1. The van der Waals surface area contributed by atoms with Gasteiger partial charge in [-0.15, -0.1) is 0 Å². The summed E-state index contributed by atoms with van der Waals surface area (Å²) in [5.41, 5.74) is 7.24. The van der Waals surface area contributed by atoms with E-state index < -0.39 is 12.8 Å². The van der Waals surface area contributed by atoms with Crippen molar-refractivity contribution in [1.82, 2.24) is 4.98 Å². The molecular weight excluding hydrogens is 233 g/mol. The van der Waals surface area contributed by atoms with E-state index in [0.717, 1.165) is 18.4 Å². The maximum atomic E-state index is 12.1. The fraction of sp³-hybridized carbons (Fsp3) is 0.545. The first-order valence-corrected chi connectivity index (χ1v) is 5.40. The Morgan fingerprint density at radius 3 is 2.94 bits per heavy atom. The lowest BCUT2D eigenvalue weighted by Crippen LogP contribution is -2.23. The predicted molar refractivity (Wildman–Crippen MR) is 55.7 cm³/mol. The van der Waals surface area contributed by atoms with E-state index in [1.807, 2.05) is 0 Å². The summed E-state index contributed by atoms with van der Waals surface area (Å²) in [5, 5.41) is 0. The molecule has 0 bridgehead atoms. The van der Waals surface area contributed by atoms with Crippen LogP contribution in [0.25, 0.3) is 0 Å². The summed E-state index contributed by atoms with van der Waals surface area (Å²) < 4.78 is 41.1. The Bertz CT molecular complexity index is 406. The third-order valence-corrected chi connectivity index (χ3v) is 2.73. The molecule has 0 radical (unpaired) electrons. The van der Waals surface area contributed by atoms with Crippen molar-refractivity contribution >= 4 is 0 Å². The van der Waals surface area contributed by atoms with Crippen LogP contribution in [0, 0.1) is 0 Å². The van der Waals surface area contributed by atoms with Crippen LogP contribution in [0.3, 0.4) is 0 Å². The Morgan fingerprint density at radius 1 is 1.47 bits per heavy atom. The Labute approximate surface area is 96.8 Å². The second kappa shape index (κ2) is 4.52. The number of nitrogens with zero attached hydrogens (tertiary/aromatic N) is 1. The second-order valence-electron chi connectivity index (χ2n) is 4.08. The highest BCUT2D eigenvalue weighted by Gasteiger charge is 2.29. The molecule has 1 aliphatic carbocycles. The minimum Gasteiger partial charge on any atom is -0.484 e. The number of fused-ring (bicyclic) bond motifs is 1. The summed E-state index contributed by atoms with van der Waals surface area (Å²) in [7, 11) is 0. The van der Waals surface area contributed by atoms with Crippen molar-refractivity contribution in [2.75, 3.05) is 6.61 Å². The first-order valence-electron chi connectivity index (χ1n) is 5.40. The largest absolute Gasteiger partial charge is 0.484 e. The standard InChI is InChI=1S/C11H13F3N2O/c12-11(13,14)6-17-9-4-5-16-10-7(9)2-1-3-8(10)15/h4-5,8H,1-3,6,15H2/t8-/m0/s1. The van der Waals surface area contributed by atoms with E-state index in [1.165, 1.54) is 12.3 Å². The normalized spacial score (nSPS) is 19.9. The maximum Gasteiger partial charge on any atom is 0.422 e. The van der Waals surface area contributed by atoms with Crippen molar-refractivity contribution in [2.24, 2.45) is 5.73 Å². The minimum atomic E-state index is -4.33. The van der Waals surface area contributed by atoms with Crippen molar-refractivity contribution in [3.63, 3.8) is 0 Å². The highest BCUT2D eigenvalue weighted by Crippen LogP contribution is 2.33. The van der Waals surface area contributed by atoms with Crippen LogP contribution in [-0.2, 0) is 6.42 Å². The van der Waals surface area contributed by atoms with Gasteiger partial charge in [0.1, 0.15) is 5.75 Å². The average Bonchev–Trinajstić information content (AvgIpc) is 2.26. The lowest BCUT2D eigenvalue weighted by atomic mass is 9.92. The van der Waals surface area contributed by atoms with Crippen LogP contribution in [0.1, 0.15) is 30.1 Å². The topological polar surface area (TPSA) is 48.1 Å². The van der Waals surface area contributed by atoms with Gasteiger partial charge < -0.3 is 10.5 Å². The second-order valence-corrected chi connectivity index (χ2v) is 4.08. The Hall–Kier alpha value is -1.30. The van der Waals surface area contributed by atoms with Crippen LogP contribution in [0.4, 0.5) is 13.2 Å². The van der Waals surface area contributed by atoms with E-state index >= 15 is 0 Å². The van der Waals surface area contributed by atoms with E-state index in [1.54, 1.807) is 0 Å². The molecule has 0 saturated carbocycles. The van der Waals surface area contributed by atoms with Gasteiger partial charge in [0.2, 0.25) is 0 Å². The van der Waals surface area contributed by atoms with Crippen molar-refractivity contribution in [1.29, 1.82) is 0 Å². The fourth-order valence-electron chi connectivity index (χ4n) is 1.99. The highest BCUT2D eigenvalue weighted by atomic mass is 19.4. The van der Waals surface area contributed by atoms with Gasteiger partial charge in [-0.3, -0.25) is 4.98 Å². The van der Waals surface area contributed by atoms with Crippen molar-refractivity contribution < 1.29 is 17.9 Å². The minimum absolute atomic E-state index is 0.201. The van der Waals surface area contributed by atoms with Gasteiger partial charge in [0.15, 0.2) is 6.61 Å². The van der Waals surface area contributed by atoms with Gasteiger partial charge in [-0.25, -0.2) is 0 Å². The molecule has 2 rings (SSSR count). The van der Waals surface area contributed by atoms with Gasteiger partial charge >= 0.3 is 6.18 Å². The molecular formula is C11H13F3N2O. The van der Waals surface area contributed by atoms with Gasteiger partial charge in [-0.05, 0) is 25.3 Å². The van der Waals surface area contributed by atoms with Crippen LogP contribution in [0.2, 0.25) is 0 Å². The summed E-state index contributed by atoms with van der Waals surface area (Å²) >= 11 is 0. The van der Waals surface area contributed by atoms with Gasteiger partial charge in [-0.1, -0.05) is 0 Å². The number of alkyl halides is 3. The summed E-state index contributed by atoms with van der Waals surface area (Å²) in [6, 6.07) is 1.26. The number of rotatable bonds is 2. The van der Waals surface area contributed by atoms with Gasteiger partial charge in [-0.2, -0.15) is 13.2 Å². The molecule has 0 saturated heterocycles. The van der Waals surface area contributed by atoms with E-state index in [-0.39, 0.29) is 11.8 Å². The van der Waals surface area contributed by atoms with Gasteiger partial charge in [0, 0.05) is 17.8 Å². The number of ether oxygens (including phenoxy) is 1. The van der Waals surface area contributed by atoms with Crippen molar-refractivity contribution in [2.45, 2.75) is 31.5 Å². The monoisotopic (exact) mass is 246 g/mol. The maximum absolute atomic E-state index is 12.1. The van der Waals surface area contributed by atoms with Crippen molar-refractivity contribution in [3.8, 4) is 5.75 Å². The molecule has 1 aromatic rings. The molecule has 6 heteroatoms. The van der Waals surface area contributed by atoms with Crippen LogP contribution in [0.5, 0.6) is 5.75 Å². The molecule has 1 aromatic heterocycles. The number of hydrogen-bond donors (Lipinski definition) is 1. The molecule has 0 amide bonds. The summed E-state index contributed by atoms with van der Waals surface area (Å²) in [4.78, 5) is 4.12. The molecule has 0 unspecified atom stereocenters. The lowest BCUT2D eigenvalue weighted by Gasteiger charge is -2.23. The van der Waals surface area contributed by atoms with Crippen LogP contribution < -0.4 is 10.5 Å². The number of halogens is 3. The molecule has 0 aliphatic heterocycles. The molecule has 2 N–H and O–H groups in total. The molecule has 1 heterocycles. The van der Waals surface area contributed by atoms with Crippen LogP contribution in [-0.4, -0.2) is 17.8 Å². The third kappa shape index (κ3) is 2.88. The Kier molecular flexibility index (Phi) is 3.24. The SMILES string of the molecule is N[C@H]1CCCc2c(OCC(F)(F)F)ccnc21. The zero-order valence-corrected chi connectivity index (χ0v) is 9.13.